The van der Waals surface area contributed by atoms with Crippen molar-refractivity contribution in [1.29, 1.82) is 0 Å². The lowest BCUT2D eigenvalue weighted by Crippen LogP contribution is -2.02. The minimum atomic E-state index is 0.984. The molecule has 1 saturated carbocycles. The maximum atomic E-state index is 2.42. The van der Waals surface area contributed by atoms with E-state index in [-0.39, 0.29) is 0 Å². The van der Waals surface area contributed by atoms with Gasteiger partial charge in [-0.25, -0.2) is 0 Å². The minimum Gasteiger partial charge on any atom is -0.347 e. The summed E-state index contributed by atoms with van der Waals surface area (Å²) in [6.07, 6.45) is 9.43. The molecule has 1 aliphatic rings. The normalized spacial score (nSPS) is 17.0. The maximum absolute atomic E-state index is 2.42. The average molecular weight is 227 g/mol. The molecule has 17 heavy (non-hydrogen) atoms. The van der Waals surface area contributed by atoms with Crippen LogP contribution in [0.2, 0.25) is 0 Å². The molecule has 1 heterocycles. The van der Waals surface area contributed by atoms with Gasteiger partial charge in [-0.2, -0.15) is 0 Å². The molecule has 0 radical (unpaired) electrons. The molecule has 1 aliphatic carbocycles. The van der Waals surface area contributed by atoms with Crippen LogP contribution in [0.1, 0.15) is 37.7 Å². The van der Waals surface area contributed by atoms with Crippen LogP contribution in [0.15, 0.2) is 30.5 Å². The van der Waals surface area contributed by atoms with Crippen LogP contribution in [0.5, 0.6) is 0 Å². The third kappa shape index (κ3) is 2.24. The van der Waals surface area contributed by atoms with E-state index >= 15 is 0 Å². The summed E-state index contributed by atoms with van der Waals surface area (Å²) in [7, 11) is 0. The summed E-state index contributed by atoms with van der Waals surface area (Å²) in [5.74, 6) is 0.984. The third-order valence-corrected chi connectivity index (χ3v) is 4.18. The molecule has 0 N–H and O–H groups in total. The Morgan fingerprint density at radius 2 is 2.00 bits per heavy atom. The molecule has 0 saturated heterocycles. The van der Waals surface area contributed by atoms with Crippen molar-refractivity contribution in [2.75, 3.05) is 0 Å². The van der Waals surface area contributed by atoms with Crippen LogP contribution in [0.3, 0.4) is 0 Å². The van der Waals surface area contributed by atoms with Crippen molar-refractivity contribution in [3.63, 3.8) is 0 Å². The Balaban J connectivity index is 1.76. The highest BCUT2D eigenvalue weighted by Gasteiger charge is 2.14. The number of rotatable bonds is 3. The number of aryl methyl sites for hydroxylation is 2. The number of hydrogen-bond acceptors (Lipinski definition) is 0. The lowest BCUT2D eigenvalue weighted by Gasteiger charge is -2.10. The van der Waals surface area contributed by atoms with Crippen LogP contribution in [0.25, 0.3) is 10.9 Å². The summed E-state index contributed by atoms with van der Waals surface area (Å²) in [6.45, 7) is 3.35. The molecular weight excluding hydrogens is 206 g/mol. The van der Waals surface area contributed by atoms with Gasteiger partial charge in [0.25, 0.3) is 0 Å². The molecule has 1 nitrogen and oxygen atoms in total. The molecule has 2 aromatic rings. The van der Waals surface area contributed by atoms with Gasteiger partial charge in [0, 0.05) is 18.3 Å². The van der Waals surface area contributed by atoms with E-state index in [9.17, 15) is 0 Å². The topological polar surface area (TPSA) is 4.93 Å². The van der Waals surface area contributed by atoms with E-state index in [1.807, 2.05) is 0 Å². The van der Waals surface area contributed by atoms with Crippen LogP contribution in [0.4, 0.5) is 0 Å². The van der Waals surface area contributed by atoms with Gasteiger partial charge in [-0.05, 0) is 42.8 Å². The van der Waals surface area contributed by atoms with E-state index in [4.69, 9.17) is 0 Å². The quantitative estimate of drug-likeness (QED) is 0.726. The summed E-state index contributed by atoms with van der Waals surface area (Å²) >= 11 is 0. The first-order valence-electron chi connectivity index (χ1n) is 6.88. The number of fused-ring (bicyclic) bond motifs is 1. The SMILES string of the molecule is Cc1ccc2c(ccn2CCC2CCCC2)c1. The van der Waals surface area contributed by atoms with E-state index < -0.39 is 0 Å². The molecule has 90 valence electrons. The van der Waals surface area contributed by atoms with E-state index in [0.717, 1.165) is 5.92 Å². The lowest BCUT2D eigenvalue weighted by atomic mass is 10.0. The van der Waals surface area contributed by atoms with Gasteiger partial charge < -0.3 is 4.57 Å². The van der Waals surface area contributed by atoms with Crippen LogP contribution >= 0.6 is 0 Å². The number of hydrogen-bond donors (Lipinski definition) is 0. The van der Waals surface area contributed by atoms with Crippen molar-refractivity contribution in [2.24, 2.45) is 5.92 Å². The van der Waals surface area contributed by atoms with E-state index in [2.05, 4.69) is 42.0 Å². The summed E-state index contributed by atoms with van der Waals surface area (Å²) < 4.78 is 2.42. The standard InChI is InChI=1S/C16H21N/c1-13-6-7-16-15(12-13)9-11-17(16)10-8-14-4-2-3-5-14/h6-7,9,11-12,14H,2-5,8,10H2,1H3. The van der Waals surface area contributed by atoms with Crippen molar-refractivity contribution < 1.29 is 0 Å². The second kappa shape index (κ2) is 4.56. The van der Waals surface area contributed by atoms with Gasteiger partial charge in [0.15, 0.2) is 0 Å². The Morgan fingerprint density at radius 3 is 2.82 bits per heavy atom. The Bertz CT molecular complexity index is 503. The third-order valence-electron chi connectivity index (χ3n) is 4.18. The highest BCUT2D eigenvalue weighted by molar-refractivity contribution is 5.80. The van der Waals surface area contributed by atoms with Gasteiger partial charge in [-0.15, -0.1) is 0 Å². The van der Waals surface area contributed by atoms with Crippen molar-refractivity contribution >= 4 is 10.9 Å². The Hall–Kier alpha value is -1.24. The molecule has 1 fully saturated rings. The van der Waals surface area contributed by atoms with E-state index in [1.165, 1.54) is 55.1 Å². The van der Waals surface area contributed by atoms with Crippen molar-refractivity contribution in [2.45, 2.75) is 45.6 Å². The summed E-state index contributed by atoms with van der Waals surface area (Å²) in [4.78, 5) is 0. The van der Waals surface area contributed by atoms with Crippen molar-refractivity contribution in [3.05, 3.63) is 36.0 Å². The first-order valence-corrected chi connectivity index (χ1v) is 6.88. The monoisotopic (exact) mass is 227 g/mol. The largest absolute Gasteiger partial charge is 0.347 e. The maximum Gasteiger partial charge on any atom is 0.0480 e. The summed E-state index contributed by atoms with van der Waals surface area (Å²) in [6, 6.07) is 9.01. The van der Waals surface area contributed by atoms with Gasteiger partial charge in [0.2, 0.25) is 0 Å². The molecule has 0 atom stereocenters. The molecule has 0 amide bonds. The zero-order valence-electron chi connectivity index (χ0n) is 10.7. The fourth-order valence-electron chi connectivity index (χ4n) is 3.14. The molecule has 1 heteroatoms. The van der Waals surface area contributed by atoms with Crippen molar-refractivity contribution in [1.82, 2.24) is 4.57 Å². The van der Waals surface area contributed by atoms with E-state index in [1.54, 1.807) is 0 Å². The molecule has 0 aliphatic heterocycles. The second-order valence-corrected chi connectivity index (χ2v) is 5.51. The van der Waals surface area contributed by atoms with Crippen LogP contribution < -0.4 is 0 Å². The van der Waals surface area contributed by atoms with Gasteiger partial charge in [0.1, 0.15) is 0 Å². The molecule has 0 unspecified atom stereocenters. The predicted molar refractivity (Wildman–Crippen MR) is 73.3 cm³/mol. The first-order chi connectivity index (χ1) is 8.33. The second-order valence-electron chi connectivity index (χ2n) is 5.51. The number of benzene rings is 1. The van der Waals surface area contributed by atoms with Gasteiger partial charge in [-0.1, -0.05) is 37.3 Å². The number of aromatic nitrogens is 1. The fourth-order valence-corrected chi connectivity index (χ4v) is 3.14. The van der Waals surface area contributed by atoms with E-state index in [0.29, 0.717) is 0 Å². The average Bonchev–Trinajstić information content (AvgIpc) is 2.94. The lowest BCUT2D eigenvalue weighted by molar-refractivity contribution is 0.463. The highest BCUT2D eigenvalue weighted by Crippen LogP contribution is 2.28. The van der Waals surface area contributed by atoms with Gasteiger partial charge in [0.05, 0.1) is 0 Å². The molecule has 1 aromatic carbocycles. The van der Waals surface area contributed by atoms with Gasteiger partial charge in [-0.3, -0.25) is 0 Å². The molecule has 0 bridgehead atoms. The first kappa shape index (κ1) is 10.9. The Kier molecular flexibility index (Phi) is 2.92. The number of nitrogens with zero attached hydrogens (tertiary/aromatic N) is 1. The molecular formula is C16H21N. The van der Waals surface area contributed by atoms with Gasteiger partial charge >= 0.3 is 0 Å². The van der Waals surface area contributed by atoms with Crippen molar-refractivity contribution in [3.8, 4) is 0 Å². The van der Waals surface area contributed by atoms with Crippen LogP contribution in [-0.4, -0.2) is 4.57 Å². The highest BCUT2D eigenvalue weighted by atomic mass is 14.9. The Morgan fingerprint density at radius 1 is 1.18 bits per heavy atom. The predicted octanol–water partition coefficient (Wildman–Crippen LogP) is 4.53. The molecule has 3 rings (SSSR count). The smallest absolute Gasteiger partial charge is 0.0480 e. The summed E-state index contributed by atoms with van der Waals surface area (Å²) in [5, 5.41) is 1.39. The fraction of sp³-hybridized carbons (Fsp3) is 0.500. The van der Waals surface area contributed by atoms with Crippen LogP contribution in [-0.2, 0) is 6.54 Å². The zero-order chi connectivity index (χ0) is 11.7. The zero-order valence-corrected chi connectivity index (χ0v) is 10.7. The van der Waals surface area contributed by atoms with Crippen LogP contribution in [0, 0.1) is 12.8 Å². The Labute approximate surface area is 103 Å². The molecule has 0 spiro atoms. The molecule has 1 aromatic heterocycles. The summed E-state index contributed by atoms with van der Waals surface area (Å²) in [5.41, 5.74) is 2.75. The minimum absolute atomic E-state index is 0.984.